The van der Waals surface area contributed by atoms with Gasteiger partial charge in [-0.05, 0) is 73.0 Å². The molecule has 0 fully saturated rings. The highest BCUT2D eigenvalue weighted by Crippen LogP contribution is 2.18. The van der Waals surface area contributed by atoms with Gasteiger partial charge in [0.15, 0.2) is 0 Å². The van der Waals surface area contributed by atoms with E-state index in [2.05, 4.69) is 31.0 Å². The number of ether oxygens (including phenoxy) is 1. The van der Waals surface area contributed by atoms with E-state index in [1.54, 1.807) is 18.2 Å². The Morgan fingerprint density at radius 1 is 0.920 bits per heavy atom. The van der Waals surface area contributed by atoms with E-state index in [1.807, 2.05) is 36.5 Å². The van der Waals surface area contributed by atoms with E-state index in [9.17, 15) is 4.39 Å². The van der Waals surface area contributed by atoms with Crippen molar-refractivity contribution < 1.29 is 9.13 Å². The van der Waals surface area contributed by atoms with Crippen molar-refractivity contribution in [3.8, 4) is 5.75 Å². The van der Waals surface area contributed by atoms with Crippen LogP contribution >= 0.6 is 0 Å². The van der Waals surface area contributed by atoms with Crippen LogP contribution in [0.5, 0.6) is 5.75 Å². The Hall–Kier alpha value is -2.94. The lowest BCUT2D eigenvalue weighted by Crippen LogP contribution is -1.98. The summed E-state index contributed by atoms with van der Waals surface area (Å²) in [7, 11) is 0. The van der Waals surface area contributed by atoms with Crippen molar-refractivity contribution in [3.63, 3.8) is 0 Å². The normalized spacial score (nSPS) is 11.0. The molecule has 0 aliphatic carbocycles. The van der Waals surface area contributed by atoms with E-state index in [0.717, 1.165) is 11.3 Å². The molecule has 0 saturated heterocycles. The first-order chi connectivity index (χ1) is 12.1. The molecule has 2 nitrogen and oxygen atoms in total. The van der Waals surface area contributed by atoms with Crippen molar-refractivity contribution in [3.05, 3.63) is 94.8 Å². The lowest BCUT2D eigenvalue weighted by atomic mass is 10.1. The maximum absolute atomic E-state index is 13.6. The molecule has 0 heterocycles. The van der Waals surface area contributed by atoms with Crippen LogP contribution in [0.25, 0.3) is 0 Å². The number of nitrogens with zero attached hydrogens (tertiary/aromatic N) is 1. The van der Waals surface area contributed by atoms with Gasteiger partial charge >= 0.3 is 0 Å². The highest BCUT2D eigenvalue weighted by Gasteiger charge is 2.01. The molecular weight excluding hydrogens is 313 g/mol. The van der Waals surface area contributed by atoms with Crippen LogP contribution in [0.15, 0.2) is 71.7 Å². The summed E-state index contributed by atoms with van der Waals surface area (Å²) in [6.45, 7) is 4.38. The van der Waals surface area contributed by atoms with Gasteiger partial charge in [-0.2, -0.15) is 0 Å². The largest absolute Gasteiger partial charge is 0.489 e. The minimum atomic E-state index is -0.250. The Labute approximate surface area is 147 Å². The summed E-state index contributed by atoms with van der Waals surface area (Å²) >= 11 is 0. The van der Waals surface area contributed by atoms with Gasteiger partial charge in [0.1, 0.15) is 18.2 Å². The van der Waals surface area contributed by atoms with Crippen molar-refractivity contribution >= 4 is 11.9 Å². The van der Waals surface area contributed by atoms with Gasteiger partial charge in [-0.15, -0.1) is 0 Å². The quantitative estimate of drug-likeness (QED) is 0.543. The van der Waals surface area contributed by atoms with E-state index < -0.39 is 0 Å². The Kier molecular flexibility index (Phi) is 5.24. The van der Waals surface area contributed by atoms with E-state index in [0.29, 0.717) is 11.3 Å². The van der Waals surface area contributed by atoms with Gasteiger partial charge in [-0.1, -0.05) is 24.3 Å². The lowest BCUT2D eigenvalue weighted by Gasteiger charge is -2.07. The van der Waals surface area contributed by atoms with E-state index >= 15 is 0 Å². The van der Waals surface area contributed by atoms with Crippen molar-refractivity contribution in [2.24, 2.45) is 4.99 Å². The third-order valence-corrected chi connectivity index (χ3v) is 4.09. The molecule has 0 spiro atoms. The standard InChI is InChI=1S/C22H20FNO/c1-16-7-10-20(13-17(16)2)24-14-18-8-11-21(12-9-18)25-15-19-5-3-4-6-22(19)23/h3-14H,15H2,1-2H3. The van der Waals surface area contributed by atoms with Crippen LogP contribution in [0, 0.1) is 19.7 Å². The van der Waals surface area contributed by atoms with E-state index in [1.165, 1.54) is 17.2 Å². The minimum Gasteiger partial charge on any atom is -0.489 e. The topological polar surface area (TPSA) is 21.6 Å². The maximum atomic E-state index is 13.6. The molecule has 25 heavy (non-hydrogen) atoms. The summed E-state index contributed by atoms with van der Waals surface area (Å²) in [5, 5.41) is 0. The number of hydrogen-bond acceptors (Lipinski definition) is 2. The first kappa shape index (κ1) is 16.9. The number of hydrogen-bond donors (Lipinski definition) is 0. The van der Waals surface area contributed by atoms with Gasteiger partial charge < -0.3 is 4.74 Å². The van der Waals surface area contributed by atoms with Crippen LogP contribution in [-0.4, -0.2) is 6.21 Å². The monoisotopic (exact) mass is 333 g/mol. The van der Waals surface area contributed by atoms with Crippen LogP contribution in [0.2, 0.25) is 0 Å². The number of aryl methyl sites for hydroxylation is 2. The summed E-state index contributed by atoms with van der Waals surface area (Å²) in [5.41, 5.74) is 4.95. The van der Waals surface area contributed by atoms with Crippen LogP contribution in [0.3, 0.4) is 0 Å². The summed E-state index contributed by atoms with van der Waals surface area (Å²) in [6, 6.07) is 20.4. The fourth-order valence-electron chi connectivity index (χ4n) is 2.38. The zero-order chi connectivity index (χ0) is 17.6. The van der Waals surface area contributed by atoms with Crippen molar-refractivity contribution in [2.45, 2.75) is 20.5 Å². The number of halogens is 1. The molecule has 3 aromatic rings. The second-order valence-electron chi connectivity index (χ2n) is 5.98. The van der Waals surface area contributed by atoms with E-state index in [-0.39, 0.29) is 12.4 Å². The third-order valence-electron chi connectivity index (χ3n) is 4.09. The molecule has 0 aromatic heterocycles. The molecule has 0 radical (unpaired) electrons. The zero-order valence-electron chi connectivity index (χ0n) is 14.4. The van der Waals surface area contributed by atoms with Gasteiger partial charge in [0, 0.05) is 11.8 Å². The Balaban J connectivity index is 1.63. The van der Waals surface area contributed by atoms with Gasteiger partial charge in [0.05, 0.1) is 5.69 Å². The van der Waals surface area contributed by atoms with Gasteiger partial charge in [-0.3, -0.25) is 4.99 Å². The molecule has 3 aromatic carbocycles. The zero-order valence-corrected chi connectivity index (χ0v) is 14.4. The van der Waals surface area contributed by atoms with Crippen molar-refractivity contribution in [2.75, 3.05) is 0 Å². The van der Waals surface area contributed by atoms with Gasteiger partial charge in [0.25, 0.3) is 0 Å². The summed E-state index contributed by atoms with van der Waals surface area (Å²) < 4.78 is 19.2. The molecule has 0 aliphatic rings. The number of benzene rings is 3. The van der Waals surface area contributed by atoms with Crippen LogP contribution in [0.1, 0.15) is 22.3 Å². The smallest absolute Gasteiger partial charge is 0.129 e. The van der Waals surface area contributed by atoms with Crippen LogP contribution in [0.4, 0.5) is 10.1 Å². The Morgan fingerprint density at radius 2 is 1.68 bits per heavy atom. The second-order valence-corrected chi connectivity index (χ2v) is 5.98. The van der Waals surface area contributed by atoms with Crippen molar-refractivity contribution in [1.82, 2.24) is 0 Å². The Bertz CT molecular complexity index is 885. The maximum Gasteiger partial charge on any atom is 0.129 e. The molecule has 0 unspecified atom stereocenters. The van der Waals surface area contributed by atoms with Gasteiger partial charge in [0.2, 0.25) is 0 Å². The third kappa shape index (κ3) is 4.54. The molecule has 0 aliphatic heterocycles. The van der Waals surface area contributed by atoms with Crippen LogP contribution < -0.4 is 4.74 Å². The van der Waals surface area contributed by atoms with E-state index in [4.69, 9.17) is 4.74 Å². The predicted molar refractivity (Wildman–Crippen MR) is 100 cm³/mol. The number of aliphatic imine (C=N–C) groups is 1. The summed E-state index contributed by atoms with van der Waals surface area (Å²) in [5.74, 6) is 0.450. The predicted octanol–water partition coefficient (Wildman–Crippen LogP) is 5.77. The Morgan fingerprint density at radius 3 is 2.40 bits per heavy atom. The average molecular weight is 333 g/mol. The highest BCUT2D eigenvalue weighted by atomic mass is 19.1. The first-order valence-electron chi connectivity index (χ1n) is 8.19. The minimum absolute atomic E-state index is 0.211. The summed E-state index contributed by atoms with van der Waals surface area (Å²) in [6.07, 6.45) is 1.82. The lowest BCUT2D eigenvalue weighted by molar-refractivity contribution is 0.300. The summed E-state index contributed by atoms with van der Waals surface area (Å²) in [4.78, 5) is 4.50. The fraction of sp³-hybridized carbons (Fsp3) is 0.136. The molecular formula is C22H20FNO. The fourth-order valence-corrected chi connectivity index (χ4v) is 2.38. The number of rotatable bonds is 5. The molecule has 3 rings (SSSR count). The van der Waals surface area contributed by atoms with Crippen LogP contribution in [-0.2, 0) is 6.61 Å². The molecule has 0 N–H and O–H groups in total. The highest BCUT2D eigenvalue weighted by molar-refractivity contribution is 5.82. The SMILES string of the molecule is Cc1ccc(N=Cc2ccc(OCc3ccccc3F)cc2)cc1C. The molecule has 0 amide bonds. The van der Waals surface area contributed by atoms with Crippen molar-refractivity contribution in [1.29, 1.82) is 0 Å². The average Bonchev–Trinajstić information content (AvgIpc) is 2.63. The molecule has 0 saturated carbocycles. The molecule has 0 atom stereocenters. The second kappa shape index (κ2) is 7.75. The molecule has 0 bridgehead atoms. The molecule has 126 valence electrons. The first-order valence-corrected chi connectivity index (χ1v) is 8.19. The molecule has 3 heteroatoms. The van der Waals surface area contributed by atoms with Gasteiger partial charge in [-0.25, -0.2) is 4.39 Å².